The Morgan fingerprint density at radius 3 is 2.29 bits per heavy atom. The summed E-state index contributed by atoms with van der Waals surface area (Å²) >= 11 is 0. The Labute approximate surface area is 79.7 Å². The van der Waals surface area contributed by atoms with Crippen LogP contribution in [0.25, 0.3) is 11.5 Å². The van der Waals surface area contributed by atoms with Crippen molar-refractivity contribution in [1.82, 2.24) is 10.2 Å². The predicted octanol–water partition coefficient (Wildman–Crippen LogP) is 1.55. The first-order valence-electron chi connectivity index (χ1n) is 4.22. The third kappa shape index (κ3) is 1.17. The molecular weight excluding hydrogens is 184 g/mol. The number of nitrogens with one attached hydrogen (secondary N) is 1. The number of hydrogen-bond acceptors (Lipinski definition) is 4. The summed E-state index contributed by atoms with van der Waals surface area (Å²) in [6, 6.07) is 0. The van der Waals surface area contributed by atoms with Gasteiger partial charge in [-0.3, -0.25) is 0 Å². The number of aryl methyl sites for hydroxylation is 2. The minimum absolute atomic E-state index is 0.279. The zero-order valence-electron chi connectivity index (χ0n) is 8.17. The minimum atomic E-state index is -0.558. The third-order valence-corrected chi connectivity index (χ3v) is 2.21. The highest BCUT2D eigenvalue weighted by Gasteiger charge is 2.17. The molecule has 0 bridgehead atoms. The van der Waals surface area contributed by atoms with E-state index in [0.29, 0.717) is 5.76 Å². The smallest absolute Gasteiger partial charge is 0.434 e. The average molecular weight is 194 g/mol. The molecule has 0 aliphatic carbocycles. The lowest BCUT2D eigenvalue weighted by atomic mass is 10.1. The summed E-state index contributed by atoms with van der Waals surface area (Å²) < 4.78 is 10.3. The summed E-state index contributed by atoms with van der Waals surface area (Å²) in [6.07, 6.45) is 0. The first-order chi connectivity index (χ1) is 6.59. The summed E-state index contributed by atoms with van der Waals surface area (Å²) in [5, 5.41) is 5.97. The van der Waals surface area contributed by atoms with Gasteiger partial charge >= 0.3 is 5.76 Å². The molecule has 1 N–H and O–H groups in total. The second-order valence-corrected chi connectivity index (χ2v) is 3.13. The summed E-state index contributed by atoms with van der Waals surface area (Å²) in [5.41, 5.74) is 1.69. The van der Waals surface area contributed by atoms with E-state index in [-0.39, 0.29) is 5.89 Å². The van der Waals surface area contributed by atoms with Gasteiger partial charge in [0.15, 0.2) is 0 Å². The van der Waals surface area contributed by atoms with Crippen molar-refractivity contribution in [3.63, 3.8) is 0 Å². The SMILES string of the molecule is Cc1oc(C)c(-c2n[nH]c(=O)o2)c1C. The van der Waals surface area contributed by atoms with Crippen LogP contribution in [0.15, 0.2) is 13.6 Å². The maximum Gasteiger partial charge on any atom is 0.434 e. The maximum absolute atomic E-state index is 10.8. The van der Waals surface area contributed by atoms with Crippen molar-refractivity contribution >= 4 is 0 Å². The van der Waals surface area contributed by atoms with Crippen LogP contribution in [-0.2, 0) is 0 Å². The van der Waals surface area contributed by atoms with Gasteiger partial charge in [0, 0.05) is 5.56 Å². The van der Waals surface area contributed by atoms with E-state index in [0.717, 1.165) is 16.9 Å². The monoisotopic (exact) mass is 194 g/mol. The Morgan fingerprint density at radius 1 is 1.14 bits per heavy atom. The Balaban J connectivity index is 2.67. The van der Waals surface area contributed by atoms with Gasteiger partial charge in [-0.25, -0.2) is 9.89 Å². The van der Waals surface area contributed by atoms with Gasteiger partial charge in [-0.2, -0.15) is 0 Å². The average Bonchev–Trinajstić information content (AvgIpc) is 2.60. The summed E-state index contributed by atoms with van der Waals surface area (Å²) in [7, 11) is 0. The van der Waals surface area contributed by atoms with Crippen LogP contribution in [0.3, 0.4) is 0 Å². The topological polar surface area (TPSA) is 72.0 Å². The summed E-state index contributed by atoms with van der Waals surface area (Å²) in [5.74, 6) is 1.23. The van der Waals surface area contributed by atoms with Gasteiger partial charge in [0.05, 0.1) is 5.56 Å². The lowest BCUT2D eigenvalue weighted by Gasteiger charge is -1.91. The van der Waals surface area contributed by atoms with E-state index in [4.69, 9.17) is 8.83 Å². The molecule has 5 nitrogen and oxygen atoms in total. The largest absolute Gasteiger partial charge is 0.466 e. The van der Waals surface area contributed by atoms with Gasteiger partial charge in [0.1, 0.15) is 11.5 Å². The Kier molecular flexibility index (Phi) is 1.80. The molecule has 0 saturated heterocycles. The highest BCUT2D eigenvalue weighted by molar-refractivity contribution is 5.61. The van der Waals surface area contributed by atoms with Crippen molar-refractivity contribution in [2.45, 2.75) is 20.8 Å². The van der Waals surface area contributed by atoms with Crippen LogP contribution >= 0.6 is 0 Å². The minimum Gasteiger partial charge on any atom is -0.466 e. The lowest BCUT2D eigenvalue weighted by Crippen LogP contribution is -1.93. The third-order valence-electron chi connectivity index (χ3n) is 2.21. The van der Waals surface area contributed by atoms with Gasteiger partial charge in [-0.1, -0.05) is 0 Å². The zero-order valence-corrected chi connectivity index (χ0v) is 8.17. The van der Waals surface area contributed by atoms with Gasteiger partial charge in [-0.05, 0) is 20.8 Å². The quantitative estimate of drug-likeness (QED) is 0.747. The molecule has 0 aromatic carbocycles. The van der Waals surface area contributed by atoms with Crippen molar-refractivity contribution in [1.29, 1.82) is 0 Å². The number of H-pyrrole nitrogens is 1. The van der Waals surface area contributed by atoms with Gasteiger partial charge < -0.3 is 8.83 Å². The van der Waals surface area contributed by atoms with E-state index in [1.54, 1.807) is 0 Å². The van der Waals surface area contributed by atoms with E-state index in [1.807, 2.05) is 20.8 Å². The summed E-state index contributed by atoms with van der Waals surface area (Å²) in [4.78, 5) is 10.8. The van der Waals surface area contributed by atoms with Gasteiger partial charge in [0.25, 0.3) is 5.89 Å². The van der Waals surface area contributed by atoms with Crippen LogP contribution in [0.5, 0.6) is 0 Å². The fraction of sp³-hybridized carbons (Fsp3) is 0.333. The van der Waals surface area contributed by atoms with Gasteiger partial charge in [0.2, 0.25) is 0 Å². The number of aromatic amines is 1. The fourth-order valence-electron chi connectivity index (χ4n) is 1.45. The van der Waals surface area contributed by atoms with Crippen LogP contribution < -0.4 is 5.76 Å². The zero-order chi connectivity index (χ0) is 10.3. The molecular formula is C9H10N2O3. The van der Waals surface area contributed by atoms with Crippen LogP contribution in [-0.4, -0.2) is 10.2 Å². The van der Waals surface area contributed by atoms with Crippen molar-refractivity contribution in [3.8, 4) is 11.5 Å². The Morgan fingerprint density at radius 2 is 1.86 bits per heavy atom. The number of aromatic nitrogens is 2. The molecule has 0 fully saturated rings. The van der Waals surface area contributed by atoms with Gasteiger partial charge in [-0.15, -0.1) is 5.10 Å². The van der Waals surface area contributed by atoms with Crippen LogP contribution in [0, 0.1) is 20.8 Å². The van der Waals surface area contributed by atoms with Crippen LogP contribution in [0.4, 0.5) is 0 Å². The van der Waals surface area contributed by atoms with Crippen molar-refractivity contribution in [3.05, 3.63) is 27.6 Å². The summed E-state index contributed by atoms with van der Waals surface area (Å²) in [6.45, 7) is 5.57. The molecule has 2 rings (SSSR count). The molecule has 0 atom stereocenters. The van der Waals surface area contributed by atoms with Crippen molar-refractivity contribution in [2.24, 2.45) is 0 Å². The first kappa shape index (κ1) is 8.80. The molecule has 0 spiro atoms. The standard InChI is InChI=1S/C9H10N2O3/c1-4-5(2)13-6(3)7(4)8-10-11-9(12)14-8/h1-3H3,(H,11,12). The highest BCUT2D eigenvalue weighted by atomic mass is 16.4. The molecule has 2 aromatic rings. The highest BCUT2D eigenvalue weighted by Crippen LogP contribution is 2.28. The molecule has 0 amide bonds. The number of nitrogens with zero attached hydrogens (tertiary/aromatic N) is 1. The lowest BCUT2D eigenvalue weighted by molar-refractivity contribution is 0.498. The molecule has 2 heterocycles. The molecule has 14 heavy (non-hydrogen) atoms. The predicted molar refractivity (Wildman–Crippen MR) is 49.0 cm³/mol. The van der Waals surface area contributed by atoms with E-state index < -0.39 is 5.76 Å². The Hall–Kier alpha value is -1.78. The molecule has 2 aromatic heterocycles. The number of furan rings is 1. The molecule has 5 heteroatoms. The number of hydrogen-bond donors (Lipinski definition) is 1. The van der Waals surface area contributed by atoms with E-state index in [1.165, 1.54) is 0 Å². The Bertz CT molecular complexity index is 518. The normalized spacial score (nSPS) is 10.8. The maximum atomic E-state index is 10.8. The first-order valence-corrected chi connectivity index (χ1v) is 4.22. The second-order valence-electron chi connectivity index (χ2n) is 3.13. The van der Waals surface area contributed by atoms with Crippen molar-refractivity contribution < 1.29 is 8.83 Å². The van der Waals surface area contributed by atoms with Crippen LogP contribution in [0.2, 0.25) is 0 Å². The molecule has 0 aliphatic heterocycles. The molecule has 0 saturated carbocycles. The molecule has 74 valence electrons. The van der Waals surface area contributed by atoms with Crippen molar-refractivity contribution in [2.75, 3.05) is 0 Å². The van der Waals surface area contributed by atoms with Crippen LogP contribution in [0.1, 0.15) is 17.1 Å². The second kappa shape index (κ2) is 2.87. The molecule has 0 unspecified atom stereocenters. The van der Waals surface area contributed by atoms with E-state index in [9.17, 15) is 4.79 Å². The number of rotatable bonds is 1. The van der Waals surface area contributed by atoms with E-state index in [2.05, 4.69) is 10.2 Å². The molecule has 0 radical (unpaired) electrons. The van der Waals surface area contributed by atoms with E-state index >= 15 is 0 Å². The fourth-order valence-corrected chi connectivity index (χ4v) is 1.45. The molecule has 0 aliphatic rings.